The van der Waals surface area contributed by atoms with Gasteiger partial charge in [-0.25, -0.2) is 23.8 Å². The van der Waals surface area contributed by atoms with E-state index in [1.807, 2.05) is 62.4 Å². The number of nitrogens with zero attached hydrogens (tertiary/aromatic N) is 2. The maximum Gasteiger partial charge on any atom is 0.407 e. The van der Waals surface area contributed by atoms with Gasteiger partial charge in [0.15, 0.2) is 6.10 Å². The minimum atomic E-state index is -1.61. The minimum absolute atomic E-state index is 0.0557. The molecule has 8 rings (SSSR count). The number of aromatic nitrogens is 2. The number of aryl methyl sites for hydroxylation is 2. The summed E-state index contributed by atoms with van der Waals surface area (Å²) in [6.07, 6.45) is -0.276. The van der Waals surface area contributed by atoms with Gasteiger partial charge >= 0.3 is 18.1 Å². The van der Waals surface area contributed by atoms with Gasteiger partial charge in [0.25, 0.3) is 5.56 Å². The highest BCUT2D eigenvalue weighted by Crippen LogP contribution is 2.45. The van der Waals surface area contributed by atoms with Crippen molar-refractivity contribution in [3.05, 3.63) is 122 Å². The molecule has 370 valence electrons. The van der Waals surface area contributed by atoms with E-state index in [1.165, 1.54) is 10.6 Å². The number of urea groups is 1. The van der Waals surface area contributed by atoms with Crippen LogP contribution in [0.15, 0.2) is 71.5 Å². The molecule has 3 atom stereocenters. The number of alkyl carbamates (subject to hydrolysis) is 1. The molecular formula is C52H60FN7O10. The Bertz CT molecular complexity index is 2820. The maximum absolute atomic E-state index is 14.9. The number of hydrogen-bond donors (Lipinski definition) is 6. The van der Waals surface area contributed by atoms with Crippen LogP contribution in [0, 0.1) is 18.7 Å². The number of carbonyl (C=O) groups is 5. The first-order chi connectivity index (χ1) is 33.7. The fraction of sp³-hybridized carbons (Fsp3) is 0.404. The second-order valence-electron chi connectivity index (χ2n) is 17.6. The fourth-order valence-electron chi connectivity index (χ4n) is 9.30. The van der Waals surface area contributed by atoms with Gasteiger partial charge in [0, 0.05) is 41.6 Å². The molecule has 2 aromatic heterocycles. The van der Waals surface area contributed by atoms with E-state index in [0.717, 1.165) is 38.8 Å². The van der Waals surface area contributed by atoms with E-state index in [4.69, 9.17) is 24.9 Å². The molecule has 5 aromatic rings. The molecule has 3 aromatic carbocycles. The number of unbranched alkanes of at least 4 members (excludes halogenated alkanes) is 1. The molecule has 0 spiro atoms. The van der Waals surface area contributed by atoms with E-state index in [1.54, 1.807) is 32.9 Å². The molecular weight excluding hydrogens is 902 g/mol. The smallest absolute Gasteiger partial charge is 0.407 e. The van der Waals surface area contributed by atoms with Crippen molar-refractivity contribution in [2.75, 3.05) is 26.5 Å². The van der Waals surface area contributed by atoms with Gasteiger partial charge in [-0.2, -0.15) is 0 Å². The third-order valence-corrected chi connectivity index (χ3v) is 12.8. The molecule has 0 saturated heterocycles. The topological polar surface area (TPSA) is 242 Å². The number of fused-ring (bicyclic) bond motifs is 8. The molecule has 0 saturated carbocycles. The summed E-state index contributed by atoms with van der Waals surface area (Å²) in [5, 5.41) is 21.9. The van der Waals surface area contributed by atoms with Crippen LogP contribution >= 0.6 is 0 Å². The lowest BCUT2D eigenvalue weighted by atomic mass is 9.94. The van der Waals surface area contributed by atoms with Crippen LogP contribution in [0.3, 0.4) is 0 Å². The number of primary amides is 1. The molecule has 5 amide bonds. The number of carbonyl (C=O) groups excluding carboxylic acids is 5. The first-order valence-electron chi connectivity index (χ1n) is 23.8. The molecule has 3 unspecified atom stereocenters. The molecule has 1 aliphatic carbocycles. The number of benzene rings is 3. The van der Waals surface area contributed by atoms with Gasteiger partial charge in [-0.05, 0) is 90.5 Å². The number of amides is 5. The number of aliphatic hydroxyl groups excluding tert-OH is 1. The molecule has 2 aliphatic heterocycles. The summed E-state index contributed by atoms with van der Waals surface area (Å²) in [6, 6.07) is 17.8. The largest absolute Gasteiger partial charge is 0.458 e. The van der Waals surface area contributed by atoms with Gasteiger partial charge in [-0.1, -0.05) is 76.2 Å². The SMILES string of the molecule is CC.Cc1cc2c(CCCCOCNC(=O)C(CCCNC(N)=O)NC(=O)C(NC(=O)OCC3c4ccccc4-c4ccccc43)C(C)C)c3c(nc2cc1F)-c1cc2c(c(=O)n1C3)COC(=O)C2O. The minimum Gasteiger partial charge on any atom is -0.458 e. The van der Waals surface area contributed by atoms with Crippen molar-refractivity contribution in [2.45, 2.75) is 104 Å². The predicted molar refractivity (Wildman–Crippen MR) is 259 cm³/mol. The zero-order valence-corrected chi connectivity index (χ0v) is 40.0. The van der Waals surface area contributed by atoms with Crippen LogP contribution in [0.5, 0.6) is 0 Å². The summed E-state index contributed by atoms with van der Waals surface area (Å²) < 4.78 is 32.9. The predicted octanol–water partition coefficient (Wildman–Crippen LogP) is 5.90. The van der Waals surface area contributed by atoms with Crippen molar-refractivity contribution >= 4 is 40.8 Å². The van der Waals surface area contributed by atoms with Crippen molar-refractivity contribution in [3.8, 4) is 22.5 Å². The summed E-state index contributed by atoms with van der Waals surface area (Å²) in [7, 11) is 0. The lowest BCUT2D eigenvalue weighted by Crippen LogP contribution is -2.55. The van der Waals surface area contributed by atoms with Crippen LogP contribution in [0.1, 0.15) is 104 Å². The number of halogens is 1. The molecule has 0 bridgehead atoms. The molecule has 18 heteroatoms. The van der Waals surface area contributed by atoms with Gasteiger partial charge in [-0.15, -0.1) is 0 Å². The number of ether oxygens (including phenoxy) is 3. The molecule has 4 heterocycles. The Morgan fingerprint density at radius 1 is 0.914 bits per heavy atom. The average Bonchev–Trinajstić information content (AvgIpc) is 3.88. The quantitative estimate of drug-likeness (QED) is 0.0337. The Kier molecular flexibility index (Phi) is 16.3. The molecule has 3 aliphatic rings. The highest BCUT2D eigenvalue weighted by Gasteiger charge is 2.36. The van der Waals surface area contributed by atoms with Crippen LogP contribution in [0.4, 0.5) is 14.0 Å². The number of nitrogens with two attached hydrogens (primary N) is 1. The second-order valence-corrected chi connectivity index (χ2v) is 17.6. The average molecular weight is 962 g/mol. The number of rotatable bonds is 18. The van der Waals surface area contributed by atoms with Gasteiger partial charge in [-0.3, -0.25) is 14.4 Å². The standard InChI is InChI=1S/C50H54FN7O10.C2H6/c1-26(2)42(57-50(65)68-23-36-30-13-6-4-11-28(30)29-12-5-7-14-31(29)36)46(61)56-39(16-10-17-53-49(52)64)45(60)54-25-66-18-9-8-15-32-33-19-27(3)38(51)21-40(33)55-43-35(32)22-58-41(43)20-34-37(47(58)62)24-67-48(63)44(34)59;1-2/h4-7,11-14,19-21,26,36,39,42,44,59H,8-10,15-18,22-25H2,1-3H3,(H,54,60)(H,56,61)(H,57,65)(H3,52,53,64);1-2H3. The lowest BCUT2D eigenvalue weighted by Gasteiger charge is -2.25. The zero-order chi connectivity index (χ0) is 50.2. The molecule has 7 N–H and O–H groups in total. The second kappa shape index (κ2) is 22.5. The van der Waals surface area contributed by atoms with E-state index >= 15 is 0 Å². The van der Waals surface area contributed by atoms with Crippen LogP contribution in [-0.2, 0) is 48.2 Å². The zero-order valence-electron chi connectivity index (χ0n) is 40.0. The summed E-state index contributed by atoms with van der Waals surface area (Å²) in [5.74, 6) is -2.97. The Morgan fingerprint density at radius 3 is 2.30 bits per heavy atom. The van der Waals surface area contributed by atoms with Gasteiger partial charge in [0.05, 0.1) is 29.0 Å². The van der Waals surface area contributed by atoms with E-state index in [2.05, 4.69) is 21.3 Å². The van der Waals surface area contributed by atoms with E-state index in [9.17, 15) is 38.3 Å². The first-order valence-corrected chi connectivity index (χ1v) is 23.8. The summed E-state index contributed by atoms with van der Waals surface area (Å²) >= 11 is 0. The van der Waals surface area contributed by atoms with Crippen molar-refractivity contribution in [3.63, 3.8) is 0 Å². The van der Waals surface area contributed by atoms with Crippen LogP contribution in [0.2, 0.25) is 0 Å². The Hall–Kier alpha value is -7.18. The van der Waals surface area contributed by atoms with Crippen LogP contribution in [0.25, 0.3) is 33.4 Å². The number of aliphatic hydroxyl groups is 1. The maximum atomic E-state index is 14.9. The molecule has 0 radical (unpaired) electrons. The number of cyclic esters (lactones) is 1. The van der Waals surface area contributed by atoms with Gasteiger partial charge in [0.2, 0.25) is 11.8 Å². The Morgan fingerprint density at radius 2 is 1.61 bits per heavy atom. The number of hydrogen-bond acceptors (Lipinski definition) is 11. The third-order valence-electron chi connectivity index (χ3n) is 12.8. The number of nitrogens with one attached hydrogen (secondary N) is 4. The van der Waals surface area contributed by atoms with Crippen molar-refractivity contribution in [1.82, 2.24) is 30.8 Å². The Balaban J connectivity index is 0.00000356. The lowest BCUT2D eigenvalue weighted by molar-refractivity contribution is -0.157. The highest BCUT2D eigenvalue weighted by molar-refractivity contribution is 5.92. The van der Waals surface area contributed by atoms with Crippen molar-refractivity contribution in [2.24, 2.45) is 11.7 Å². The first kappa shape index (κ1) is 50.7. The van der Waals surface area contributed by atoms with E-state index in [-0.39, 0.29) is 69.0 Å². The monoisotopic (exact) mass is 961 g/mol. The molecule has 17 nitrogen and oxygen atoms in total. The molecule has 70 heavy (non-hydrogen) atoms. The highest BCUT2D eigenvalue weighted by atomic mass is 19.1. The van der Waals surface area contributed by atoms with Gasteiger partial charge in [0.1, 0.15) is 37.8 Å². The number of pyridine rings is 2. The normalized spacial score (nSPS) is 15.0. The fourth-order valence-corrected chi connectivity index (χ4v) is 9.30. The van der Waals surface area contributed by atoms with Crippen molar-refractivity contribution in [1.29, 1.82) is 0 Å². The summed E-state index contributed by atoms with van der Waals surface area (Å²) in [6.45, 7) is 9.41. The van der Waals surface area contributed by atoms with Crippen LogP contribution < -0.4 is 32.6 Å². The Labute approximate surface area is 404 Å². The van der Waals surface area contributed by atoms with E-state index in [0.29, 0.717) is 48.2 Å². The van der Waals surface area contributed by atoms with E-state index < -0.39 is 59.5 Å². The van der Waals surface area contributed by atoms with Crippen LogP contribution in [-0.4, -0.2) is 83.1 Å². The molecule has 0 fully saturated rings. The third kappa shape index (κ3) is 10.8. The number of esters is 1. The summed E-state index contributed by atoms with van der Waals surface area (Å²) in [5.41, 5.74) is 12.8. The summed E-state index contributed by atoms with van der Waals surface area (Å²) in [4.78, 5) is 82.3. The van der Waals surface area contributed by atoms with Gasteiger partial charge < -0.3 is 50.9 Å². The van der Waals surface area contributed by atoms with Crippen molar-refractivity contribution < 1.29 is 47.7 Å².